The fourth-order valence-corrected chi connectivity index (χ4v) is 2.26. The summed E-state index contributed by atoms with van der Waals surface area (Å²) in [6.45, 7) is 0. The van der Waals surface area contributed by atoms with E-state index in [0.717, 1.165) is 5.56 Å². The van der Waals surface area contributed by atoms with Gasteiger partial charge in [0.25, 0.3) is 0 Å². The molecular formula is C14H9Cl2N5S. The molecule has 2 heterocycles. The van der Waals surface area contributed by atoms with Crippen LogP contribution in [-0.2, 0) is 0 Å². The Balaban J connectivity index is 1.99. The SMILES string of the molecule is S=c1[nH]nc(-c2ccccn2)n1/N=C/c1ccc(Cl)c(Cl)c1. The van der Waals surface area contributed by atoms with Crippen LogP contribution in [0.5, 0.6) is 0 Å². The van der Waals surface area contributed by atoms with Crippen LogP contribution in [0.3, 0.4) is 0 Å². The van der Waals surface area contributed by atoms with Gasteiger partial charge in [-0.3, -0.25) is 4.98 Å². The highest BCUT2D eigenvalue weighted by atomic mass is 35.5. The minimum Gasteiger partial charge on any atom is -0.253 e. The predicted octanol–water partition coefficient (Wildman–Crippen LogP) is 4.19. The zero-order valence-electron chi connectivity index (χ0n) is 11.1. The van der Waals surface area contributed by atoms with Crippen LogP contribution >= 0.6 is 35.4 Å². The van der Waals surface area contributed by atoms with Crippen LogP contribution in [0.25, 0.3) is 11.5 Å². The average Bonchev–Trinajstić information content (AvgIpc) is 2.90. The molecule has 3 rings (SSSR count). The lowest BCUT2D eigenvalue weighted by Gasteiger charge is -2.00. The number of aromatic nitrogens is 4. The molecule has 0 atom stereocenters. The lowest BCUT2D eigenvalue weighted by Crippen LogP contribution is -1.96. The molecule has 0 saturated carbocycles. The van der Waals surface area contributed by atoms with Crippen molar-refractivity contribution in [3.63, 3.8) is 0 Å². The van der Waals surface area contributed by atoms with Crippen molar-refractivity contribution >= 4 is 41.6 Å². The summed E-state index contributed by atoms with van der Waals surface area (Å²) < 4.78 is 1.87. The summed E-state index contributed by atoms with van der Waals surface area (Å²) >= 11 is 17.1. The zero-order valence-corrected chi connectivity index (χ0v) is 13.4. The Morgan fingerprint density at radius 2 is 2.05 bits per heavy atom. The number of benzene rings is 1. The quantitative estimate of drug-likeness (QED) is 0.569. The number of nitrogens with one attached hydrogen (secondary N) is 1. The molecule has 0 radical (unpaired) electrons. The Kier molecular flexibility index (Phi) is 4.33. The van der Waals surface area contributed by atoms with E-state index in [9.17, 15) is 0 Å². The van der Waals surface area contributed by atoms with Gasteiger partial charge in [0.15, 0.2) is 0 Å². The van der Waals surface area contributed by atoms with E-state index in [0.29, 0.717) is 26.3 Å². The van der Waals surface area contributed by atoms with Gasteiger partial charge in [0.2, 0.25) is 10.6 Å². The van der Waals surface area contributed by atoms with Crippen molar-refractivity contribution in [1.29, 1.82) is 0 Å². The maximum absolute atomic E-state index is 5.98. The highest BCUT2D eigenvalue weighted by Gasteiger charge is 2.08. The van der Waals surface area contributed by atoms with Crippen LogP contribution in [-0.4, -0.2) is 26.1 Å². The van der Waals surface area contributed by atoms with E-state index in [1.807, 2.05) is 24.3 Å². The molecule has 2 aromatic heterocycles. The molecule has 5 nitrogen and oxygen atoms in total. The van der Waals surface area contributed by atoms with Gasteiger partial charge in [-0.2, -0.15) is 14.9 Å². The van der Waals surface area contributed by atoms with E-state index >= 15 is 0 Å². The first-order valence-electron chi connectivity index (χ1n) is 6.23. The van der Waals surface area contributed by atoms with Gasteiger partial charge in [0.05, 0.1) is 16.3 Å². The number of aromatic amines is 1. The second-order valence-electron chi connectivity index (χ2n) is 4.30. The molecule has 8 heteroatoms. The van der Waals surface area contributed by atoms with Crippen molar-refractivity contribution in [2.45, 2.75) is 0 Å². The lowest BCUT2D eigenvalue weighted by molar-refractivity contribution is 0.867. The van der Waals surface area contributed by atoms with Crippen molar-refractivity contribution in [1.82, 2.24) is 19.9 Å². The monoisotopic (exact) mass is 349 g/mol. The van der Waals surface area contributed by atoms with Gasteiger partial charge in [-0.25, -0.2) is 5.10 Å². The average molecular weight is 350 g/mol. The Labute approximate surface area is 141 Å². The van der Waals surface area contributed by atoms with Crippen LogP contribution in [0.2, 0.25) is 10.0 Å². The fourth-order valence-electron chi connectivity index (χ4n) is 1.78. The molecule has 0 unspecified atom stereocenters. The van der Waals surface area contributed by atoms with Crippen molar-refractivity contribution in [2.75, 3.05) is 0 Å². The lowest BCUT2D eigenvalue weighted by atomic mass is 10.2. The van der Waals surface area contributed by atoms with E-state index in [2.05, 4.69) is 20.3 Å². The van der Waals surface area contributed by atoms with E-state index in [1.165, 1.54) is 4.68 Å². The molecule has 1 N–H and O–H groups in total. The molecule has 0 amide bonds. The highest BCUT2D eigenvalue weighted by Crippen LogP contribution is 2.22. The molecule has 1 aromatic carbocycles. The summed E-state index contributed by atoms with van der Waals surface area (Å²) in [7, 11) is 0. The largest absolute Gasteiger partial charge is 0.253 e. The van der Waals surface area contributed by atoms with E-state index in [-0.39, 0.29) is 0 Å². The number of rotatable bonds is 3. The number of pyridine rings is 1. The van der Waals surface area contributed by atoms with Crippen molar-refractivity contribution < 1.29 is 0 Å². The molecule has 22 heavy (non-hydrogen) atoms. The van der Waals surface area contributed by atoms with Gasteiger partial charge >= 0.3 is 0 Å². The first-order valence-corrected chi connectivity index (χ1v) is 7.40. The first kappa shape index (κ1) is 14.9. The zero-order chi connectivity index (χ0) is 15.5. The third-order valence-corrected chi connectivity index (χ3v) is 3.81. The molecule has 110 valence electrons. The summed E-state index contributed by atoms with van der Waals surface area (Å²) in [4.78, 5) is 4.24. The topological polar surface area (TPSA) is 58.9 Å². The van der Waals surface area contributed by atoms with Crippen molar-refractivity contribution in [3.8, 4) is 11.5 Å². The third-order valence-electron chi connectivity index (χ3n) is 2.81. The number of halogens is 2. The van der Waals surface area contributed by atoms with Gasteiger partial charge in [-0.15, -0.1) is 0 Å². The van der Waals surface area contributed by atoms with E-state index in [4.69, 9.17) is 35.4 Å². The Hall–Kier alpha value is -2.02. The first-order chi connectivity index (χ1) is 10.6. The van der Waals surface area contributed by atoms with Crippen LogP contribution in [0.1, 0.15) is 5.56 Å². The summed E-state index contributed by atoms with van der Waals surface area (Å²) in [5.41, 5.74) is 1.46. The molecule has 0 bridgehead atoms. The van der Waals surface area contributed by atoms with Crippen molar-refractivity contribution in [2.24, 2.45) is 5.10 Å². The Morgan fingerprint density at radius 3 is 2.77 bits per heavy atom. The molecule has 0 aliphatic rings. The molecule has 0 fully saturated rings. The molecule has 0 spiro atoms. The normalized spacial score (nSPS) is 11.2. The minimum absolute atomic E-state index is 0.372. The maximum Gasteiger partial charge on any atom is 0.216 e. The standard InChI is InChI=1S/C14H9Cl2N5S/c15-10-5-4-9(7-11(10)16)8-18-21-13(19-20-14(21)22)12-3-1-2-6-17-12/h1-8H,(H,20,22)/b18-8+. The molecular weight excluding hydrogens is 341 g/mol. The molecule has 0 aliphatic carbocycles. The summed E-state index contributed by atoms with van der Waals surface area (Å²) in [6, 6.07) is 10.8. The fraction of sp³-hybridized carbons (Fsp3) is 0. The van der Waals surface area contributed by atoms with Gasteiger partial charge in [0.1, 0.15) is 5.69 Å². The van der Waals surface area contributed by atoms with Gasteiger partial charge in [-0.1, -0.05) is 35.3 Å². The van der Waals surface area contributed by atoms with E-state index in [1.54, 1.807) is 24.5 Å². The van der Waals surface area contributed by atoms with Crippen LogP contribution in [0, 0.1) is 4.77 Å². The number of hydrogen-bond donors (Lipinski definition) is 1. The van der Waals surface area contributed by atoms with Crippen LogP contribution < -0.4 is 0 Å². The van der Waals surface area contributed by atoms with Crippen molar-refractivity contribution in [3.05, 3.63) is 63.0 Å². The number of nitrogens with zero attached hydrogens (tertiary/aromatic N) is 4. The van der Waals surface area contributed by atoms with Gasteiger partial charge < -0.3 is 0 Å². The smallest absolute Gasteiger partial charge is 0.216 e. The Morgan fingerprint density at radius 1 is 1.18 bits per heavy atom. The third kappa shape index (κ3) is 3.09. The maximum atomic E-state index is 5.98. The predicted molar refractivity (Wildman–Crippen MR) is 90.1 cm³/mol. The second-order valence-corrected chi connectivity index (χ2v) is 5.50. The number of H-pyrrole nitrogens is 1. The van der Waals surface area contributed by atoms with Gasteiger partial charge in [0, 0.05) is 6.20 Å². The van der Waals surface area contributed by atoms with Crippen LogP contribution in [0.15, 0.2) is 47.7 Å². The van der Waals surface area contributed by atoms with Gasteiger partial charge in [-0.05, 0) is 42.0 Å². The summed E-state index contributed by atoms with van der Waals surface area (Å²) in [5, 5.41) is 12.2. The number of hydrogen-bond acceptors (Lipinski definition) is 4. The van der Waals surface area contributed by atoms with Crippen LogP contribution in [0.4, 0.5) is 0 Å². The summed E-state index contributed by atoms with van der Waals surface area (Å²) in [6.07, 6.45) is 3.31. The molecule has 3 aromatic rings. The molecule has 0 saturated heterocycles. The molecule has 0 aliphatic heterocycles. The minimum atomic E-state index is 0.372. The Bertz CT molecular complexity index is 886. The highest BCUT2D eigenvalue weighted by molar-refractivity contribution is 7.71. The summed E-state index contributed by atoms with van der Waals surface area (Å²) in [5.74, 6) is 0.530. The van der Waals surface area contributed by atoms with E-state index < -0.39 is 0 Å². The second kappa shape index (κ2) is 6.39.